The lowest BCUT2D eigenvalue weighted by Gasteiger charge is -2.08. The average molecular weight is 332 g/mol. The van der Waals surface area contributed by atoms with Gasteiger partial charge in [-0.15, -0.1) is 10.2 Å². The third-order valence-corrected chi connectivity index (χ3v) is 3.02. The third-order valence-electron chi connectivity index (χ3n) is 3.02. The monoisotopic (exact) mass is 332 g/mol. The molecule has 4 nitrogen and oxygen atoms in total. The summed E-state index contributed by atoms with van der Waals surface area (Å²) in [5, 5.41) is 10.1. The van der Waals surface area contributed by atoms with Crippen molar-refractivity contribution in [1.29, 1.82) is 0 Å². The fraction of sp³-hybridized carbons (Fsp3) is 0.154. The van der Waals surface area contributed by atoms with E-state index in [2.05, 4.69) is 15.3 Å². The van der Waals surface area contributed by atoms with E-state index in [1.54, 1.807) is 0 Å². The van der Waals surface area contributed by atoms with Gasteiger partial charge in [-0.2, -0.15) is 36.0 Å². The Kier molecular flexibility index (Phi) is 3.27. The molecule has 0 fully saturated rings. The van der Waals surface area contributed by atoms with Crippen molar-refractivity contribution in [3.8, 4) is 11.3 Å². The summed E-state index contributed by atoms with van der Waals surface area (Å²) in [5.41, 5.74) is -0.672. The SMILES string of the molecule is FC(F)(F)c1ccc(-c2ccc3nnc(C(F)(F)F)n3n2)cc1. The number of alkyl halides is 6. The predicted molar refractivity (Wildman–Crippen MR) is 66.2 cm³/mol. The lowest BCUT2D eigenvalue weighted by atomic mass is 10.1. The van der Waals surface area contributed by atoms with E-state index in [1.165, 1.54) is 12.1 Å². The Morgan fingerprint density at radius 3 is 1.96 bits per heavy atom. The second kappa shape index (κ2) is 4.93. The van der Waals surface area contributed by atoms with Gasteiger partial charge in [-0.3, -0.25) is 0 Å². The quantitative estimate of drug-likeness (QED) is 0.636. The first-order valence-corrected chi connectivity index (χ1v) is 6.13. The van der Waals surface area contributed by atoms with Gasteiger partial charge in [0.15, 0.2) is 5.65 Å². The molecule has 0 radical (unpaired) electrons. The van der Waals surface area contributed by atoms with Crippen LogP contribution in [0.15, 0.2) is 36.4 Å². The van der Waals surface area contributed by atoms with Gasteiger partial charge in [-0.25, -0.2) is 0 Å². The Morgan fingerprint density at radius 2 is 1.39 bits per heavy atom. The van der Waals surface area contributed by atoms with Crippen LogP contribution in [0.5, 0.6) is 0 Å². The van der Waals surface area contributed by atoms with Gasteiger partial charge in [0.25, 0.3) is 5.82 Å². The summed E-state index contributed by atoms with van der Waals surface area (Å²) in [6, 6.07) is 6.54. The standard InChI is InChI=1S/C13H6F6N4/c14-12(15,16)8-3-1-7(2-4-8)9-5-6-10-20-21-11(13(17,18)19)23(10)22-9/h1-6H. The highest BCUT2D eigenvalue weighted by Crippen LogP contribution is 2.31. The number of fused-ring (bicyclic) bond motifs is 1. The molecule has 3 rings (SSSR count). The van der Waals surface area contributed by atoms with Crippen LogP contribution in [0.4, 0.5) is 26.3 Å². The minimum absolute atomic E-state index is 0.0662. The first kappa shape index (κ1) is 15.3. The first-order valence-electron chi connectivity index (χ1n) is 6.13. The van der Waals surface area contributed by atoms with Gasteiger partial charge in [0.2, 0.25) is 0 Å². The van der Waals surface area contributed by atoms with Crippen molar-refractivity contribution in [2.75, 3.05) is 0 Å². The number of aromatic nitrogens is 4. The number of hydrogen-bond donors (Lipinski definition) is 0. The molecule has 2 aromatic heterocycles. The van der Waals surface area contributed by atoms with Crippen molar-refractivity contribution in [2.45, 2.75) is 12.4 Å². The van der Waals surface area contributed by atoms with Crippen LogP contribution in [0.2, 0.25) is 0 Å². The average Bonchev–Trinajstić information content (AvgIpc) is 2.89. The van der Waals surface area contributed by atoms with Crippen molar-refractivity contribution in [2.24, 2.45) is 0 Å². The van der Waals surface area contributed by atoms with Crippen LogP contribution in [0.25, 0.3) is 16.9 Å². The number of hydrogen-bond acceptors (Lipinski definition) is 3. The molecule has 0 aliphatic rings. The van der Waals surface area contributed by atoms with Gasteiger partial charge < -0.3 is 0 Å². The number of benzene rings is 1. The highest BCUT2D eigenvalue weighted by molar-refractivity contribution is 5.60. The normalized spacial score (nSPS) is 12.8. The lowest BCUT2D eigenvalue weighted by Crippen LogP contribution is -2.12. The molecule has 0 aliphatic carbocycles. The molecule has 0 spiro atoms. The van der Waals surface area contributed by atoms with Crippen molar-refractivity contribution in [3.05, 3.63) is 47.8 Å². The lowest BCUT2D eigenvalue weighted by molar-refractivity contribution is -0.146. The van der Waals surface area contributed by atoms with Gasteiger partial charge >= 0.3 is 12.4 Å². The summed E-state index contributed by atoms with van der Waals surface area (Å²) in [6.07, 6.45) is -9.24. The number of nitrogens with zero attached hydrogens (tertiary/aromatic N) is 4. The number of rotatable bonds is 1. The fourth-order valence-electron chi connectivity index (χ4n) is 1.95. The molecule has 3 aromatic rings. The molecule has 0 bridgehead atoms. The van der Waals surface area contributed by atoms with E-state index in [-0.39, 0.29) is 16.9 Å². The molecule has 0 saturated heterocycles. The van der Waals surface area contributed by atoms with Crippen LogP contribution in [0.1, 0.15) is 11.4 Å². The van der Waals surface area contributed by atoms with Gasteiger partial charge in [0, 0.05) is 5.56 Å². The summed E-state index contributed by atoms with van der Waals surface area (Å²) in [6.45, 7) is 0. The molecule has 0 aliphatic heterocycles. The Hall–Kier alpha value is -2.65. The molecular formula is C13H6F6N4. The summed E-state index contributed by atoms with van der Waals surface area (Å²) in [5.74, 6) is -1.30. The van der Waals surface area contributed by atoms with Gasteiger partial charge in [0.05, 0.1) is 11.3 Å². The topological polar surface area (TPSA) is 43.1 Å². The van der Waals surface area contributed by atoms with Crippen LogP contribution < -0.4 is 0 Å². The van der Waals surface area contributed by atoms with Crippen LogP contribution in [-0.2, 0) is 12.4 Å². The maximum Gasteiger partial charge on any atom is 0.453 e. The van der Waals surface area contributed by atoms with Crippen LogP contribution in [0, 0.1) is 0 Å². The molecule has 1 aromatic carbocycles. The van der Waals surface area contributed by atoms with Gasteiger partial charge in [-0.05, 0) is 24.3 Å². The van der Waals surface area contributed by atoms with E-state index in [0.717, 1.165) is 24.3 Å². The van der Waals surface area contributed by atoms with Crippen molar-refractivity contribution in [3.63, 3.8) is 0 Å². The zero-order chi connectivity index (χ0) is 16.8. The van der Waals surface area contributed by atoms with Crippen molar-refractivity contribution >= 4 is 5.65 Å². The zero-order valence-electron chi connectivity index (χ0n) is 11.0. The molecule has 23 heavy (non-hydrogen) atoms. The molecule has 0 unspecified atom stereocenters. The Morgan fingerprint density at radius 1 is 0.739 bits per heavy atom. The smallest absolute Gasteiger partial charge is 0.188 e. The molecule has 2 heterocycles. The Bertz CT molecular complexity index is 848. The third kappa shape index (κ3) is 2.83. The molecule has 120 valence electrons. The number of halogens is 6. The van der Waals surface area contributed by atoms with Crippen molar-refractivity contribution in [1.82, 2.24) is 19.8 Å². The largest absolute Gasteiger partial charge is 0.453 e. The van der Waals surface area contributed by atoms with Gasteiger partial charge in [0.1, 0.15) is 0 Å². The van der Waals surface area contributed by atoms with E-state index in [9.17, 15) is 26.3 Å². The summed E-state index contributed by atoms with van der Waals surface area (Å²) >= 11 is 0. The maximum atomic E-state index is 12.8. The fourth-order valence-corrected chi connectivity index (χ4v) is 1.95. The minimum atomic E-state index is -4.74. The Balaban J connectivity index is 2.07. The second-order valence-corrected chi connectivity index (χ2v) is 4.59. The molecule has 0 amide bonds. The maximum absolute atomic E-state index is 12.8. The minimum Gasteiger partial charge on any atom is -0.188 e. The predicted octanol–water partition coefficient (Wildman–Crippen LogP) is 3.83. The highest BCUT2D eigenvalue weighted by atomic mass is 19.4. The van der Waals surface area contributed by atoms with E-state index < -0.39 is 23.7 Å². The first-order chi connectivity index (χ1) is 10.7. The van der Waals surface area contributed by atoms with Gasteiger partial charge in [-0.1, -0.05) is 12.1 Å². The summed E-state index contributed by atoms with van der Waals surface area (Å²) in [4.78, 5) is 0. The zero-order valence-corrected chi connectivity index (χ0v) is 11.0. The summed E-state index contributed by atoms with van der Waals surface area (Å²) < 4.78 is 76.4. The van der Waals surface area contributed by atoms with E-state index in [4.69, 9.17) is 0 Å². The summed E-state index contributed by atoms with van der Waals surface area (Å²) in [7, 11) is 0. The van der Waals surface area contributed by atoms with Crippen LogP contribution in [-0.4, -0.2) is 19.8 Å². The van der Waals surface area contributed by atoms with E-state index >= 15 is 0 Å². The van der Waals surface area contributed by atoms with Crippen molar-refractivity contribution < 1.29 is 26.3 Å². The van der Waals surface area contributed by atoms with E-state index in [0.29, 0.717) is 4.52 Å². The molecule has 0 saturated carbocycles. The van der Waals surface area contributed by atoms with Crippen LogP contribution in [0.3, 0.4) is 0 Å². The Labute approximate surface area is 124 Å². The molecule has 0 atom stereocenters. The second-order valence-electron chi connectivity index (χ2n) is 4.59. The highest BCUT2D eigenvalue weighted by Gasteiger charge is 2.37. The molecule has 0 N–H and O–H groups in total. The molecular weight excluding hydrogens is 326 g/mol. The molecule has 10 heteroatoms. The van der Waals surface area contributed by atoms with E-state index in [1.807, 2.05) is 0 Å². The van der Waals surface area contributed by atoms with Crippen LogP contribution >= 0.6 is 0 Å².